The molecule has 4 heteroatoms. The number of hydrogen-bond acceptors (Lipinski definition) is 2. The van der Waals surface area contributed by atoms with Crippen LogP contribution in [0.5, 0.6) is 0 Å². The van der Waals surface area contributed by atoms with E-state index in [9.17, 15) is 4.79 Å². The molecular weight excluding hydrogens is 132 g/mol. The summed E-state index contributed by atoms with van der Waals surface area (Å²) < 4.78 is 3.05. The van der Waals surface area contributed by atoms with Crippen LogP contribution in [0, 0.1) is 0 Å². The molecule has 0 unspecified atom stereocenters. The molecule has 1 rings (SSSR count). The average molecular weight is 142 g/mol. The second-order valence-corrected chi connectivity index (χ2v) is 2.18. The molecule has 0 atom stereocenters. The van der Waals surface area contributed by atoms with E-state index in [4.69, 9.17) is 5.11 Å². The molecule has 0 aliphatic heterocycles. The fraction of sp³-hybridized carbons (Fsp3) is 0.500. The van der Waals surface area contributed by atoms with E-state index >= 15 is 0 Å². The molecule has 0 radical (unpaired) electrons. The molecule has 0 fully saturated rings. The van der Waals surface area contributed by atoms with Gasteiger partial charge in [0.05, 0.1) is 12.3 Å². The molecule has 56 valence electrons. The summed E-state index contributed by atoms with van der Waals surface area (Å²) in [6, 6.07) is 1.42. The summed E-state index contributed by atoms with van der Waals surface area (Å²) in [5, 5.41) is 8.68. The largest absolute Gasteiger partial charge is 0.390 e. The van der Waals surface area contributed by atoms with E-state index in [2.05, 4.69) is 0 Å². The van der Waals surface area contributed by atoms with Crippen LogP contribution in [0.3, 0.4) is 0 Å². The Labute approximate surface area is 58.3 Å². The molecule has 0 aromatic carbocycles. The summed E-state index contributed by atoms with van der Waals surface area (Å²) in [7, 11) is 3.38. The van der Waals surface area contributed by atoms with Crippen molar-refractivity contribution in [1.82, 2.24) is 9.36 Å². The van der Waals surface area contributed by atoms with Crippen molar-refractivity contribution < 1.29 is 5.11 Å². The van der Waals surface area contributed by atoms with Gasteiger partial charge in [-0.05, 0) is 0 Å². The van der Waals surface area contributed by atoms with E-state index in [-0.39, 0.29) is 12.2 Å². The highest BCUT2D eigenvalue weighted by atomic mass is 16.3. The Morgan fingerprint density at radius 1 is 1.50 bits per heavy atom. The van der Waals surface area contributed by atoms with Crippen molar-refractivity contribution in [2.75, 3.05) is 0 Å². The van der Waals surface area contributed by atoms with Gasteiger partial charge in [-0.25, -0.2) is 0 Å². The molecule has 0 bridgehead atoms. The third kappa shape index (κ3) is 0.863. The standard InChI is InChI=1S/C6H10N2O2/c1-7-5(4-9)3-6(10)8(7)2/h3,9H,4H2,1-2H3. The second kappa shape index (κ2) is 2.30. The Balaban J connectivity index is 3.31. The predicted octanol–water partition coefficient (Wildman–Crippen LogP) is -0.784. The van der Waals surface area contributed by atoms with Gasteiger partial charge in [0.2, 0.25) is 0 Å². The number of aliphatic hydroxyl groups is 1. The molecule has 0 aliphatic rings. The molecule has 10 heavy (non-hydrogen) atoms. The van der Waals surface area contributed by atoms with E-state index in [1.807, 2.05) is 0 Å². The minimum atomic E-state index is -0.0912. The molecule has 1 N–H and O–H groups in total. The van der Waals surface area contributed by atoms with Gasteiger partial charge in [-0.2, -0.15) is 0 Å². The van der Waals surface area contributed by atoms with Crippen LogP contribution in [0.15, 0.2) is 10.9 Å². The summed E-state index contributed by atoms with van der Waals surface area (Å²) in [5.74, 6) is 0. The Morgan fingerprint density at radius 3 is 2.30 bits per heavy atom. The molecule has 1 aromatic rings. The average Bonchev–Trinajstić information content (AvgIpc) is 2.17. The fourth-order valence-electron chi connectivity index (χ4n) is 0.818. The number of nitrogens with zero attached hydrogens (tertiary/aromatic N) is 2. The van der Waals surface area contributed by atoms with Crippen molar-refractivity contribution in [3.63, 3.8) is 0 Å². The fourth-order valence-corrected chi connectivity index (χ4v) is 0.818. The Bertz CT molecular complexity index is 284. The van der Waals surface area contributed by atoms with E-state index < -0.39 is 0 Å². The van der Waals surface area contributed by atoms with Gasteiger partial charge in [0, 0.05) is 20.2 Å². The van der Waals surface area contributed by atoms with Crippen molar-refractivity contribution in [3.05, 3.63) is 22.1 Å². The number of aromatic nitrogens is 2. The van der Waals surface area contributed by atoms with Gasteiger partial charge in [0.1, 0.15) is 0 Å². The van der Waals surface area contributed by atoms with Crippen LogP contribution in [0.25, 0.3) is 0 Å². The third-order valence-corrected chi connectivity index (χ3v) is 1.64. The molecule has 4 nitrogen and oxygen atoms in total. The predicted molar refractivity (Wildman–Crippen MR) is 36.6 cm³/mol. The first-order chi connectivity index (χ1) is 4.66. The molecular formula is C6H10N2O2. The summed E-state index contributed by atoms with van der Waals surface area (Å²) in [4.78, 5) is 10.9. The van der Waals surface area contributed by atoms with Crippen LogP contribution in [0.2, 0.25) is 0 Å². The van der Waals surface area contributed by atoms with Gasteiger partial charge >= 0.3 is 0 Å². The first-order valence-electron chi connectivity index (χ1n) is 2.99. The molecule has 1 aromatic heterocycles. The lowest BCUT2D eigenvalue weighted by molar-refractivity contribution is 0.267. The smallest absolute Gasteiger partial charge is 0.266 e. The molecule has 0 amide bonds. The quantitative estimate of drug-likeness (QED) is 0.559. The number of rotatable bonds is 1. The lowest BCUT2D eigenvalue weighted by Gasteiger charge is -2.01. The first kappa shape index (κ1) is 7.08. The zero-order valence-electron chi connectivity index (χ0n) is 6.03. The molecule has 0 saturated carbocycles. The topological polar surface area (TPSA) is 47.2 Å². The van der Waals surface area contributed by atoms with E-state index in [1.165, 1.54) is 10.7 Å². The summed E-state index contributed by atoms with van der Waals surface area (Å²) >= 11 is 0. The lowest BCUT2D eigenvalue weighted by atomic mass is 10.5. The zero-order chi connectivity index (χ0) is 7.72. The lowest BCUT2D eigenvalue weighted by Crippen LogP contribution is -2.16. The minimum absolute atomic E-state index is 0.0907. The minimum Gasteiger partial charge on any atom is -0.390 e. The summed E-state index contributed by atoms with van der Waals surface area (Å²) in [6.45, 7) is -0.0907. The van der Waals surface area contributed by atoms with Crippen LogP contribution in [-0.2, 0) is 20.7 Å². The van der Waals surface area contributed by atoms with Crippen molar-refractivity contribution in [3.8, 4) is 0 Å². The van der Waals surface area contributed by atoms with Gasteiger partial charge < -0.3 is 5.11 Å². The highest BCUT2D eigenvalue weighted by Gasteiger charge is 2.01. The van der Waals surface area contributed by atoms with Crippen molar-refractivity contribution in [2.45, 2.75) is 6.61 Å². The highest BCUT2D eigenvalue weighted by Crippen LogP contribution is 1.91. The van der Waals surface area contributed by atoms with Crippen LogP contribution in [-0.4, -0.2) is 14.5 Å². The van der Waals surface area contributed by atoms with Crippen LogP contribution >= 0.6 is 0 Å². The SMILES string of the molecule is Cn1c(CO)cc(=O)n1C. The maximum atomic E-state index is 10.9. The van der Waals surface area contributed by atoms with Crippen molar-refractivity contribution >= 4 is 0 Å². The van der Waals surface area contributed by atoms with Crippen LogP contribution < -0.4 is 5.56 Å². The monoisotopic (exact) mass is 142 g/mol. The molecule has 1 heterocycles. The molecule has 0 aliphatic carbocycles. The highest BCUT2D eigenvalue weighted by molar-refractivity contribution is 4.99. The van der Waals surface area contributed by atoms with Gasteiger partial charge in [-0.15, -0.1) is 0 Å². The maximum absolute atomic E-state index is 10.9. The second-order valence-electron chi connectivity index (χ2n) is 2.18. The van der Waals surface area contributed by atoms with Gasteiger partial charge in [0.15, 0.2) is 0 Å². The Kier molecular flexibility index (Phi) is 1.63. The van der Waals surface area contributed by atoms with Gasteiger partial charge in [-0.1, -0.05) is 0 Å². The first-order valence-corrected chi connectivity index (χ1v) is 2.99. The number of aliphatic hydroxyl groups excluding tert-OH is 1. The number of hydrogen-bond donors (Lipinski definition) is 1. The van der Waals surface area contributed by atoms with Crippen LogP contribution in [0.4, 0.5) is 0 Å². The maximum Gasteiger partial charge on any atom is 0.266 e. The zero-order valence-corrected chi connectivity index (χ0v) is 6.03. The Morgan fingerprint density at radius 2 is 2.10 bits per heavy atom. The van der Waals surface area contributed by atoms with Crippen molar-refractivity contribution in [1.29, 1.82) is 0 Å². The molecule has 0 spiro atoms. The van der Waals surface area contributed by atoms with Crippen molar-refractivity contribution in [2.24, 2.45) is 14.1 Å². The van der Waals surface area contributed by atoms with Crippen LogP contribution in [0.1, 0.15) is 5.69 Å². The Hall–Kier alpha value is -1.03. The summed E-state index contributed by atoms with van der Waals surface area (Å²) in [6.07, 6.45) is 0. The molecule has 0 saturated heterocycles. The van der Waals surface area contributed by atoms with Gasteiger partial charge in [0.25, 0.3) is 5.56 Å². The van der Waals surface area contributed by atoms with E-state index in [0.717, 1.165) is 0 Å². The normalized spacial score (nSPS) is 10.3. The van der Waals surface area contributed by atoms with Gasteiger partial charge in [-0.3, -0.25) is 14.2 Å². The van der Waals surface area contributed by atoms with E-state index in [0.29, 0.717) is 5.69 Å². The third-order valence-electron chi connectivity index (χ3n) is 1.64. The van der Waals surface area contributed by atoms with E-state index in [1.54, 1.807) is 18.8 Å². The summed E-state index contributed by atoms with van der Waals surface area (Å²) in [5.41, 5.74) is 0.541.